The summed E-state index contributed by atoms with van der Waals surface area (Å²) in [4.78, 5) is 11.0. The summed E-state index contributed by atoms with van der Waals surface area (Å²) in [6, 6.07) is 0. The number of carbonyl (C=O) groups is 1. The Morgan fingerprint density at radius 1 is 0.760 bits per heavy atom. The molecule has 150 valence electrons. The van der Waals surface area contributed by atoms with E-state index in [9.17, 15) is 4.79 Å². The highest BCUT2D eigenvalue weighted by Crippen LogP contribution is 2.17. The van der Waals surface area contributed by atoms with Crippen molar-refractivity contribution < 1.29 is 14.3 Å². The number of carbonyl (C=O) groups excluding carboxylic acids is 1. The zero-order valence-electron chi connectivity index (χ0n) is 17.5. The Kier molecular flexibility index (Phi) is 17.8. The standard InChI is InChI=1S/C22H44O3/c1-5-6-7-14-17-21(25-20(2)3)18-15-12-10-8-9-11-13-16-19-22(23)24-4/h20-21H,5-19H2,1-4H3. The molecule has 0 aliphatic carbocycles. The van der Waals surface area contributed by atoms with Crippen molar-refractivity contribution in [2.45, 2.75) is 129 Å². The van der Waals surface area contributed by atoms with Crippen LogP contribution in [0.25, 0.3) is 0 Å². The molecule has 0 saturated carbocycles. The molecule has 0 aromatic heterocycles. The smallest absolute Gasteiger partial charge is 0.305 e. The Morgan fingerprint density at radius 2 is 1.24 bits per heavy atom. The fourth-order valence-electron chi connectivity index (χ4n) is 3.27. The normalized spacial score (nSPS) is 12.5. The lowest BCUT2D eigenvalue weighted by atomic mass is 10.0. The van der Waals surface area contributed by atoms with Crippen molar-refractivity contribution in [3.8, 4) is 0 Å². The van der Waals surface area contributed by atoms with Crippen molar-refractivity contribution in [3.63, 3.8) is 0 Å². The average molecular weight is 357 g/mol. The van der Waals surface area contributed by atoms with Crippen LogP contribution in [0.15, 0.2) is 0 Å². The summed E-state index contributed by atoms with van der Waals surface area (Å²) in [5.74, 6) is -0.0761. The Bertz CT molecular complexity index is 289. The van der Waals surface area contributed by atoms with Gasteiger partial charge in [0.05, 0.1) is 19.3 Å². The molecule has 1 atom stereocenters. The molecule has 0 N–H and O–H groups in total. The third-order valence-corrected chi connectivity index (χ3v) is 4.73. The summed E-state index contributed by atoms with van der Waals surface area (Å²) in [5, 5.41) is 0. The van der Waals surface area contributed by atoms with Gasteiger partial charge in [-0.25, -0.2) is 0 Å². The van der Waals surface area contributed by atoms with E-state index in [1.165, 1.54) is 84.2 Å². The number of hydrogen-bond acceptors (Lipinski definition) is 3. The second-order valence-electron chi connectivity index (χ2n) is 7.60. The number of rotatable bonds is 18. The second-order valence-corrected chi connectivity index (χ2v) is 7.60. The Morgan fingerprint density at radius 3 is 1.72 bits per heavy atom. The van der Waals surface area contributed by atoms with Crippen molar-refractivity contribution in [2.24, 2.45) is 0 Å². The van der Waals surface area contributed by atoms with Gasteiger partial charge in [-0.05, 0) is 33.1 Å². The number of esters is 1. The molecule has 3 nitrogen and oxygen atoms in total. The van der Waals surface area contributed by atoms with E-state index in [-0.39, 0.29) is 5.97 Å². The van der Waals surface area contributed by atoms with E-state index in [1.54, 1.807) is 0 Å². The van der Waals surface area contributed by atoms with Gasteiger partial charge in [0.15, 0.2) is 0 Å². The molecule has 3 heteroatoms. The zero-order chi connectivity index (χ0) is 18.8. The van der Waals surface area contributed by atoms with E-state index < -0.39 is 0 Å². The minimum Gasteiger partial charge on any atom is -0.469 e. The van der Waals surface area contributed by atoms with Gasteiger partial charge in [-0.15, -0.1) is 0 Å². The first-order valence-electron chi connectivity index (χ1n) is 10.8. The highest BCUT2D eigenvalue weighted by Gasteiger charge is 2.10. The van der Waals surface area contributed by atoms with Crippen LogP contribution in [0.1, 0.15) is 117 Å². The molecule has 25 heavy (non-hydrogen) atoms. The maximum absolute atomic E-state index is 11.0. The molecule has 0 saturated heterocycles. The van der Waals surface area contributed by atoms with Crippen LogP contribution in [0.4, 0.5) is 0 Å². The summed E-state index contributed by atoms with van der Waals surface area (Å²) >= 11 is 0. The molecule has 0 aliphatic rings. The molecule has 0 aromatic carbocycles. The van der Waals surface area contributed by atoms with E-state index in [0.29, 0.717) is 18.6 Å². The fourth-order valence-corrected chi connectivity index (χ4v) is 3.27. The minimum absolute atomic E-state index is 0.0761. The monoisotopic (exact) mass is 356 g/mol. The molecule has 0 rings (SSSR count). The van der Waals surface area contributed by atoms with Gasteiger partial charge < -0.3 is 9.47 Å². The Labute approximate surface area is 157 Å². The van der Waals surface area contributed by atoms with Crippen LogP contribution in [0.5, 0.6) is 0 Å². The lowest BCUT2D eigenvalue weighted by molar-refractivity contribution is -0.140. The fraction of sp³-hybridized carbons (Fsp3) is 0.955. The number of methoxy groups -OCH3 is 1. The largest absolute Gasteiger partial charge is 0.469 e. The number of unbranched alkanes of at least 4 members (excludes halogenated alkanes) is 10. The molecular weight excluding hydrogens is 312 g/mol. The highest BCUT2D eigenvalue weighted by atomic mass is 16.5. The first kappa shape index (κ1) is 24.4. The first-order chi connectivity index (χ1) is 12.1. The topological polar surface area (TPSA) is 35.5 Å². The maximum Gasteiger partial charge on any atom is 0.305 e. The van der Waals surface area contributed by atoms with Crippen molar-refractivity contribution in [3.05, 3.63) is 0 Å². The van der Waals surface area contributed by atoms with Gasteiger partial charge in [0.1, 0.15) is 0 Å². The van der Waals surface area contributed by atoms with Gasteiger partial charge in [-0.3, -0.25) is 4.79 Å². The van der Waals surface area contributed by atoms with Gasteiger partial charge in [-0.2, -0.15) is 0 Å². The van der Waals surface area contributed by atoms with Gasteiger partial charge in [-0.1, -0.05) is 77.6 Å². The van der Waals surface area contributed by atoms with E-state index in [0.717, 1.165) is 12.8 Å². The van der Waals surface area contributed by atoms with E-state index in [2.05, 4.69) is 25.5 Å². The summed E-state index contributed by atoms with van der Waals surface area (Å²) in [7, 11) is 1.46. The van der Waals surface area contributed by atoms with Crippen LogP contribution in [0.2, 0.25) is 0 Å². The maximum atomic E-state index is 11.0. The van der Waals surface area contributed by atoms with Gasteiger partial charge in [0, 0.05) is 6.42 Å². The summed E-state index contributed by atoms with van der Waals surface area (Å²) in [5.41, 5.74) is 0. The van der Waals surface area contributed by atoms with Crippen LogP contribution < -0.4 is 0 Å². The van der Waals surface area contributed by atoms with E-state index in [1.807, 2.05) is 0 Å². The lowest BCUT2D eigenvalue weighted by Crippen LogP contribution is -2.18. The number of ether oxygens (including phenoxy) is 2. The molecule has 0 heterocycles. The average Bonchev–Trinajstić information content (AvgIpc) is 2.59. The SMILES string of the molecule is CCCCCCC(CCCCCCCCCCC(=O)OC)OC(C)C. The molecule has 0 radical (unpaired) electrons. The van der Waals surface area contributed by atoms with Crippen LogP contribution in [-0.4, -0.2) is 25.3 Å². The third kappa shape index (κ3) is 18.0. The second kappa shape index (κ2) is 18.2. The predicted molar refractivity (Wildman–Crippen MR) is 107 cm³/mol. The van der Waals surface area contributed by atoms with Gasteiger partial charge in [0.2, 0.25) is 0 Å². The molecular formula is C22H44O3. The van der Waals surface area contributed by atoms with Crippen LogP contribution in [0, 0.1) is 0 Å². The molecule has 0 fully saturated rings. The quantitative estimate of drug-likeness (QED) is 0.199. The van der Waals surface area contributed by atoms with Crippen LogP contribution in [-0.2, 0) is 14.3 Å². The van der Waals surface area contributed by atoms with Crippen LogP contribution >= 0.6 is 0 Å². The van der Waals surface area contributed by atoms with E-state index in [4.69, 9.17) is 4.74 Å². The zero-order valence-corrected chi connectivity index (χ0v) is 17.5. The number of hydrogen-bond donors (Lipinski definition) is 0. The molecule has 0 spiro atoms. The first-order valence-corrected chi connectivity index (χ1v) is 10.8. The van der Waals surface area contributed by atoms with Crippen molar-refractivity contribution in [1.29, 1.82) is 0 Å². The summed E-state index contributed by atoms with van der Waals surface area (Å²) in [6.45, 7) is 6.57. The Hall–Kier alpha value is -0.570. The van der Waals surface area contributed by atoms with Crippen LogP contribution in [0.3, 0.4) is 0 Å². The predicted octanol–water partition coefficient (Wildman–Crippen LogP) is 6.82. The van der Waals surface area contributed by atoms with Gasteiger partial charge in [0.25, 0.3) is 0 Å². The van der Waals surface area contributed by atoms with E-state index >= 15 is 0 Å². The summed E-state index contributed by atoms with van der Waals surface area (Å²) in [6.07, 6.45) is 19.1. The molecule has 0 aromatic rings. The van der Waals surface area contributed by atoms with Crippen molar-refractivity contribution in [2.75, 3.05) is 7.11 Å². The highest BCUT2D eigenvalue weighted by molar-refractivity contribution is 5.68. The molecule has 0 amide bonds. The van der Waals surface area contributed by atoms with Gasteiger partial charge >= 0.3 is 5.97 Å². The third-order valence-electron chi connectivity index (χ3n) is 4.73. The van der Waals surface area contributed by atoms with Crippen molar-refractivity contribution >= 4 is 5.97 Å². The van der Waals surface area contributed by atoms with Crippen molar-refractivity contribution in [1.82, 2.24) is 0 Å². The lowest BCUT2D eigenvalue weighted by Gasteiger charge is -2.20. The summed E-state index contributed by atoms with van der Waals surface area (Å²) < 4.78 is 10.7. The molecule has 0 aliphatic heterocycles. The molecule has 1 unspecified atom stereocenters. The molecule has 0 bridgehead atoms. The Balaban J connectivity index is 3.52. The minimum atomic E-state index is -0.0761.